The van der Waals surface area contributed by atoms with E-state index in [1.807, 2.05) is 0 Å². The minimum Gasteiger partial charge on any atom is -0.392 e. The zero-order valence-corrected chi connectivity index (χ0v) is 11.0. The number of nitrogens with zero attached hydrogens (tertiary/aromatic N) is 2. The maximum atomic E-state index is 13.7. The molecule has 0 saturated heterocycles. The highest BCUT2D eigenvalue weighted by atomic mass is 32.2. The Morgan fingerprint density at radius 2 is 1.95 bits per heavy atom. The molecule has 0 aliphatic heterocycles. The van der Waals surface area contributed by atoms with Crippen LogP contribution in [0, 0.1) is 11.6 Å². The zero-order valence-electron chi connectivity index (χ0n) is 10.2. The van der Waals surface area contributed by atoms with Gasteiger partial charge in [-0.1, -0.05) is 0 Å². The first kappa shape index (κ1) is 14.4. The van der Waals surface area contributed by atoms with Crippen molar-refractivity contribution in [1.29, 1.82) is 0 Å². The second kappa shape index (κ2) is 5.55. The summed E-state index contributed by atoms with van der Waals surface area (Å²) < 4.78 is 28.6. The van der Waals surface area contributed by atoms with E-state index in [0.717, 1.165) is 16.8 Å². The molecule has 9 heteroatoms. The maximum absolute atomic E-state index is 13.7. The van der Waals surface area contributed by atoms with Crippen LogP contribution in [0.25, 0.3) is 0 Å². The molecule has 1 heterocycles. The van der Waals surface area contributed by atoms with Crippen molar-refractivity contribution in [3.8, 4) is 0 Å². The first-order valence-electron chi connectivity index (χ1n) is 5.36. The quantitative estimate of drug-likeness (QED) is 0.801. The van der Waals surface area contributed by atoms with Crippen LogP contribution in [0.3, 0.4) is 0 Å². The van der Waals surface area contributed by atoms with Crippen LogP contribution in [-0.2, 0) is 13.7 Å². The summed E-state index contributed by atoms with van der Waals surface area (Å²) in [6.07, 6.45) is 0. The summed E-state index contributed by atoms with van der Waals surface area (Å²) in [5.41, 5.74) is -1.88. The number of rotatable bonds is 3. The van der Waals surface area contributed by atoms with Gasteiger partial charge in [-0.2, -0.15) is 4.98 Å². The summed E-state index contributed by atoms with van der Waals surface area (Å²) in [7, 11) is 1.38. The highest BCUT2D eigenvalue weighted by Gasteiger charge is 2.15. The molecule has 6 nitrogen and oxygen atoms in total. The lowest BCUT2D eigenvalue weighted by Gasteiger charge is -2.08. The molecule has 0 aliphatic carbocycles. The summed E-state index contributed by atoms with van der Waals surface area (Å²) in [5, 5.41) is 10.9. The summed E-state index contributed by atoms with van der Waals surface area (Å²) in [4.78, 5) is 25.2. The smallest absolute Gasteiger partial charge is 0.339 e. The van der Waals surface area contributed by atoms with Crippen LogP contribution in [-0.4, -0.2) is 19.9 Å². The molecule has 2 rings (SSSR count). The van der Waals surface area contributed by atoms with Crippen molar-refractivity contribution in [1.82, 2.24) is 14.8 Å². The molecule has 1 aromatic carbocycles. The Morgan fingerprint density at radius 3 is 2.50 bits per heavy atom. The van der Waals surface area contributed by atoms with Crippen molar-refractivity contribution in [2.24, 2.45) is 7.05 Å². The van der Waals surface area contributed by atoms with Crippen LogP contribution in [0.2, 0.25) is 0 Å². The fraction of sp³-hybridized carbons (Fsp3) is 0.182. The SMILES string of the molecule is Cn1[nH]c(=O)c(=O)nc1Sc1c(F)cc(CO)cc1F. The molecule has 0 aliphatic rings. The van der Waals surface area contributed by atoms with Gasteiger partial charge in [-0.25, -0.2) is 8.78 Å². The number of benzene rings is 1. The van der Waals surface area contributed by atoms with Crippen molar-refractivity contribution in [3.05, 3.63) is 50.0 Å². The second-order valence-electron chi connectivity index (χ2n) is 3.85. The molecule has 0 unspecified atom stereocenters. The number of aliphatic hydroxyl groups excluding tert-OH is 1. The summed E-state index contributed by atoms with van der Waals surface area (Å²) in [5.74, 6) is -1.78. The normalized spacial score (nSPS) is 10.8. The van der Waals surface area contributed by atoms with Crippen LogP contribution in [0.5, 0.6) is 0 Å². The van der Waals surface area contributed by atoms with Crippen molar-refractivity contribution in [3.63, 3.8) is 0 Å². The molecule has 20 heavy (non-hydrogen) atoms. The Labute approximate surface area is 115 Å². The Bertz CT molecular complexity index is 749. The molecule has 0 bridgehead atoms. The first-order valence-corrected chi connectivity index (χ1v) is 6.18. The second-order valence-corrected chi connectivity index (χ2v) is 4.83. The van der Waals surface area contributed by atoms with Crippen molar-refractivity contribution in [2.45, 2.75) is 16.7 Å². The Morgan fingerprint density at radius 1 is 1.35 bits per heavy atom. The number of aryl methyl sites for hydroxylation is 1. The van der Waals surface area contributed by atoms with Crippen molar-refractivity contribution >= 4 is 11.8 Å². The molecule has 0 radical (unpaired) electrons. The number of aromatic amines is 1. The van der Waals surface area contributed by atoms with E-state index in [-0.39, 0.29) is 15.6 Å². The van der Waals surface area contributed by atoms with Crippen LogP contribution in [0.15, 0.2) is 31.8 Å². The molecular weight excluding hydrogens is 292 g/mol. The lowest BCUT2D eigenvalue weighted by Crippen LogP contribution is -2.33. The van der Waals surface area contributed by atoms with Gasteiger partial charge in [0.25, 0.3) is 0 Å². The standard InChI is InChI=1S/C11H9F2N3O3S/c1-16-11(14-9(18)10(19)15-16)20-8-6(12)2-5(4-17)3-7(8)13/h2-3,17H,4H2,1H3,(H,15,19). The molecule has 0 spiro atoms. The number of aromatic nitrogens is 3. The molecule has 0 saturated carbocycles. The van der Waals surface area contributed by atoms with Crippen molar-refractivity contribution in [2.75, 3.05) is 0 Å². The van der Waals surface area contributed by atoms with E-state index in [4.69, 9.17) is 5.11 Å². The monoisotopic (exact) mass is 301 g/mol. The minimum absolute atomic E-state index is 0.0656. The van der Waals surface area contributed by atoms with Gasteiger partial charge in [-0.05, 0) is 29.5 Å². The average Bonchev–Trinajstić information content (AvgIpc) is 2.39. The zero-order chi connectivity index (χ0) is 14.9. The predicted octanol–water partition coefficient (Wildman–Crippen LogP) is 0.390. The molecular formula is C11H9F2N3O3S. The largest absolute Gasteiger partial charge is 0.392 e. The third-order valence-electron chi connectivity index (χ3n) is 2.38. The van der Waals surface area contributed by atoms with Gasteiger partial charge in [0, 0.05) is 7.05 Å². The Hall–Kier alpha value is -2.00. The first-order chi connectivity index (χ1) is 9.42. The van der Waals surface area contributed by atoms with E-state index in [2.05, 4.69) is 10.1 Å². The van der Waals surface area contributed by atoms with Gasteiger partial charge in [-0.3, -0.25) is 19.4 Å². The summed E-state index contributed by atoms with van der Waals surface area (Å²) in [6, 6.07) is 1.96. The van der Waals surface area contributed by atoms with Crippen LogP contribution < -0.4 is 11.1 Å². The molecule has 106 valence electrons. The number of hydrogen-bond acceptors (Lipinski definition) is 5. The fourth-order valence-corrected chi connectivity index (χ4v) is 2.25. The fourth-order valence-electron chi connectivity index (χ4n) is 1.44. The number of aliphatic hydroxyl groups is 1. The van der Waals surface area contributed by atoms with Gasteiger partial charge >= 0.3 is 11.1 Å². The molecule has 0 fully saturated rings. The molecule has 0 atom stereocenters. The van der Waals surface area contributed by atoms with E-state index in [9.17, 15) is 18.4 Å². The van der Waals surface area contributed by atoms with Gasteiger partial charge in [-0.15, -0.1) is 0 Å². The van der Waals surface area contributed by atoms with Crippen LogP contribution >= 0.6 is 11.8 Å². The third kappa shape index (κ3) is 2.78. The minimum atomic E-state index is -1.04. The predicted molar refractivity (Wildman–Crippen MR) is 66.5 cm³/mol. The van der Waals surface area contributed by atoms with Crippen molar-refractivity contribution < 1.29 is 13.9 Å². The van der Waals surface area contributed by atoms with Gasteiger partial charge in [0.15, 0.2) is 5.16 Å². The molecule has 1 aromatic heterocycles. The molecule has 0 amide bonds. The topological polar surface area (TPSA) is 88.0 Å². The molecule has 2 aromatic rings. The molecule has 2 N–H and O–H groups in total. The number of H-pyrrole nitrogens is 1. The lowest BCUT2D eigenvalue weighted by molar-refractivity contribution is 0.280. The van der Waals surface area contributed by atoms with E-state index >= 15 is 0 Å². The van der Waals surface area contributed by atoms with E-state index in [1.54, 1.807) is 0 Å². The Kier molecular flexibility index (Phi) is 4.00. The van der Waals surface area contributed by atoms with Gasteiger partial charge in [0.1, 0.15) is 11.6 Å². The average molecular weight is 301 g/mol. The van der Waals surface area contributed by atoms with Crippen LogP contribution in [0.1, 0.15) is 5.56 Å². The lowest BCUT2D eigenvalue weighted by atomic mass is 10.2. The van der Waals surface area contributed by atoms with E-state index in [0.29, 0.717) is 11.8 Å². The number of nitrogens with one attached hydrogen (secondary N) is 1. The highest BCUT2D eigenvalue weighted by Crippen LogP contribution is 2.30. The van der Waals surface area contributed by atoms with Crippen LogP contribution in [0.4, 0.5) is 8.78 Å². The number of halogens is 2. The van der Waals surface area contributed by atoms with E-state index < -0.39 is 29.4 Å². The van der Waals surface area contributed by atoms with E-state index in [1.165, 1.54) is 7.05 Å². The number of hydrogen-bond donors (Lipinski definition) is 2. The van der Waals surface area contributed by atoms with Gasteiger partial charge < -0.3 is 5.11 Å². The van der Waals surface area contributed by atoms with Gasteiger partial charge in [0.2, 0.25) is 0 Å². The third-order valence-corrected chi connectivity index (χ3v) is 3.52. The Balaban J connectivity index is 2.48. The highest BCUT2D eigenvalue weighted by molar-refractivity contribution is 7.99. The maximum Gasteiger partial charge on any atom is 0.339 e. The summed E-state index contributed by atoms with van der Waals surface area (Å²) in [6.45, 7) is -0.492. The summed E-state index contributed by atoms with van der Waals surface area (Å²) >= 11 is 0.560. The van der Waals surface area contributed by atoms with Gasteiger partial charge in [0.05, 0.1) is 11.5 Å².